The minimum Gasteiger partial charge on any atom is -0.481 e. The van der Waals surface area contributed by atoms with Crippen molar-refractivity contribution < 1.29 is 9.53 Å². The number of rotatable bonds is 4. The molecule has 0 spiro atoms. The number of nitrogens with two attached hydrogens (primary N) is 1. The first-order chi connectivity index (χ1) is 9.60. The number of carbonyl (C=O) groups is 1. The Kier molecular flexibility index (Phi) is 4.37. The largest absolute Gasteiger partial charge is 0.481 e. The number of anilines is 1. The Morgan fingerprint density at radius 1 is 1.45 bits per heavy atom. The highest BCUT2D eigenvalue weighted by atomic mass is 35.5. The van der Waals surface area contributed by atoms with E-state index >= 15 is 0 Å². The van der Waals surface area contributed by atoms with Crippen LogP contribution in [0.2, 0.25) is 5.02 Å². The van der Waals surface area contributed by atoms with Gasteiger partial charge in [-0.05, 0) is 17.7 Å². The van der Waals surface area contributed by atoms with Crippen LogP contribution in [-0.4, -0.2) is 23.0 Å². The molecule has 1 amide bonds. The van der Waals surface area contributed by atoms with Crippen LogP contribution >= 0.6 is 11.6 Å². The van der Waals surface area contributed by atoms with E-state index in [4.69, 9.17) is 22.1 Å². The van der Waals surface area contributed by atoms with Crippen LogP contribution in [0.3, 0.4) is 0 Å². The standard InChI is InChI=1S/C13H13ClN4O2/c1-20-12-4-8(2-3-16-12)6-18-13(19)9-5-11(15)17-7-10(9)14/h2-5,7H,6H2,1H3,(H2,15,17)(H,18,19). The number of halogens is 1. The van der Waals surface area contributed by atoms with Gasteiger partial charge in [0, 0.05) is 25.0 Å². The fraction of sp³-hybridized carbons (Fsp3) is 0.154. The molecule has 0 radical (unpaired) electrons. The molecule has 2 heterocycles. The quantitative estimate of drug-likeness (QED) is 0.894. The van der Waals surface area contributed by atoms with Crippen molar-refractivity contribution in [1.29, 1.82) is 0 Å². The molecule has 2 aromatic heterocycles. The molecular weight excluding hydrogens is 280 g/mol. The molecule has 3 N–H and O–H groups in total. The zero-order valence-electron chi connectivity index (χ0n) is 10.8. The Labute approximate surface area is 120 Å². The Bertz CT molecular complexity index is 634. The van der Waals surface area contributed by atoms with E-state index in [2.05, 4.69) is 15.3 Å². The predicted molar refractivity (Wildman–Crippen MR) is 75.6 cm³/mol. The number of ether oxygens (including phenoxy) is 1. The Morgan fingerprint density at radius 3 is 3.00 bits per heavy atom. The number of methoxy groups -OCH3 is 1. The molecule has 0 aliphatic heterocycles. The van der Waals surface area contributed by atoms with Crippen molar-refractivity contribution in [2.45, 2.75) is 6.54 Å². The lowest BCUT2D eigenvalue weighted by molar-refractivity contribution is 0.0951. The van der Waals surface area contributed by atoms with E-state index in [1.54, 1.807) is 18.3 Å². The third-order valence-corrected chi connectivity index (χ3v) is 2.88. The maximum atomic E-state index is 12.0. The Hall–Kier alpha value is -2.34. The molecule has 0 aromatic carbocycles. The maximum absolute atomic E-state index is 12.0. The smallest absolute Gasteiger partial charge is 0.253 e. The van der Waals surface area contributed by atoms with Gasteiger partial charge in [-0.15, -0.1) is 0 Å². The van der Waals surface area contributed by atoms with E-state index in [-0.39, 0.29) is 16.7 Å². The molecule has 0 fully saturated rings. The van der Waals surface area contributed by atoms with Crippen molar-refractivity contribution in [3.05, 3.63) is 46.7 Å². The zero-order valence-corrected chi connectivity index (χ0v) is 11.5. The minimum atomic E-state index is -0.320. The van der Waals surface area contributed by atoms with Crippen LogP contribution < -0.4 is 15.8 Å². The van der Waals surface area contributed by atoms with E-state index in [1.807, 2.05) is 0 Å². The van der Waals surface area contributed by atoms with Gasteiger partial charge in [0.25, 0.3) is 5.91 Å². The zero-order chi connectivity index (χ0) is 14.5. The molecule has 0 saturated carbocycles. The molecule has 0 atom stereocenters. The number of hydrogen-bond donors (Lipinski definition) is 2. The molecular formula is C13H13ClN4O2. The third-order valence-electron chi connectivity index (χ3n) is 2.58. The first-order valence-corrected chi connectivity index (χ1v) is 6.16. The third kappa shape index (κ3) is 3.36. The predicted octanol–water partition coefficient (Wildman–Crippen LogP) is 1.65. The first-order valence-electron chi connectivity index (χ1n) is 5.78. The summed E-state index contributed by atoms with van der Waals surface area (Å²) in [5.41, 5.74) is 6.69. The maximum Gasteiger partial charge on any atom is 0.253 e. The van der Waals surface area contributed by atoms with Gasteiger partial charge in [-0.25, -0.2) is 9.97 Å². The second-order valence-corrected chi connectivity index (χ2v) is 4.39. The number of nitrogens with one attached hydrogen (secondary N) is 1. The summed E-state index contributed by atoms with van der Waals surface area (Å²) in [7, 11) is 1.53. The molecule has 0 saturated heterocycles. The molecule has 20 heavy (non-hydrogen) atoms. The number of nitrogens with zero attached hydrogens (tertiary/aromatic N) is 2. The van der Waals surface area contributed by atoms with Crippen molar-refractivity contribution in [3.63, 3.8) is 0 Å². The van der Waals surface area contributed by atoms with Gasteiger partial charge in [-0.1, -0.05) is 11.6 Å². The highest BCUT2D eigenvalue weighted by Crippen LogP contribution is 2.16. The lowest BCUT2D eigenvalue weighted by atomic mass is 10.2. The van der Waals surface area contributed by atoms with Gasteiger partial charge in [0.2, 0.25) is 5.88 Å². The lowest BCUT2D eigenvalue weighted by Crippen LogP contribution is -2.23. The number of aromatic nitrogens is 2. The number of pyridine rings is 2. The Balaban J connectivity index is 2.06. The van der Waals surface area contributed by atoms with Crippen molar-refractivity contribution in [3.8, 4) is 5.88 Å². The van der Waals surface area contributed by atoms with Gasteiger partial charge in [-0.2, -0.15) is 0 Å². The molecule has 0 unspecified atom stereocenters. The van der Waals surface area contributed by atoms with Gasteiger partial charge >= 0.3 is 0 Å². The summed E-state index contributed by atoms with van der Waals surface area (Å²) in [5, 5.41) is 3.00. The molecule has 0 aliphatic carbocycles. The average molecular weight is 293 g/mol. The number of hydrogen-bond acceptors (Lipinski definition) is 5. The van der Waals surface area contributed by atoms with E-state index in [1.165, 1.54) is 19.4 Å². The number of amides is 1. The molecule has 6 nitrogen and oxygen atoms in total. The Morgan fingerprint density at radius 2 is 2.25 bits per heavy atom. The normalized spacial score (nSPS) is 10.1. The van der Waals surface area contributed by atoms with E-state index in [9.17, 15) is 4.79 Å². The van der Waals surface area contributed by atoms with E-state index in [0.29, 0.717) is 18.0 Å². The van der Waals surface area contributed by atoms with Crippen LogP contribution in [-0.2, 0) is 6.54 Å². The molecule has 2 aromatic rings. The number of carbonyl (C=O) groups excluding carboxylic acids is 1. The fourth-order valence-corrected chi connectivity index (χ4v) is 1.77. The second kappa shape index (κ2) is 6.21. The van der Waals surface area contributed by atoms with Crippen LogP contribution in [0, 0.1) is 0 Å². The summed E-state index contributed by atoms with van der Waals surface area (Å²) >= 11 is 5.91. The monoisotopic (exact) mass is 292 g/mol. The first kappa shape index (κ1) is 14.1. The van der Waals surface area contributed by atoms with Crippen LogP contribution in [0.1, 0.15) is 15.9 Å². The summed E-state index contributed by atoms with van der Waals surface area (Å²) in [6, 6.07) is 4.96. The van der Waals surface area contributed by atoms with Gasteiger partial charge in [0.15, 0.2) is 0 Å². The number of nitrogen functional groups attached to an aromatic ring is 1. The van der Waals surface area contributed by atoms with Gasteiger partial charge < -0.3 is 15.8 Å². The summed E-state index contributed by atoms with van der Waals surface area (Å²) in [4.78, 5) is 19.8. The molecule has 0 aliphatic rings. The molecule has 0 bridgehead atoms. The highest BCUT2D eigenvalue weighted by Gasteiger charge is 2.11. The molecule has 7 heteroatoms. The second-order valence-electron chi connectivity index (χ2n) is 3.98. The summed E-state index contributed by atoms with van der Waals surface area (Å²) in [5.74, 6) is 0.410. The minimum absolute atomic E-state index is 0.241. The topological polar surface area (TPSA) is 90.1 Å². The van der Waals surface area contributed by atoms with Crippen molar-refractivity contribution in [1.82, 2.24) is 15.3 Å². The highest BCUT2D eigenvalue weighted by molar-refractivity contribution is 6.33. The van der Waals surface area contributed by atoms with Crippen LogP contribution in [0.15, 0.2) is 30.6 Å². The summed E-state index contributed by atoms with van der Waals surface area (Å²) < 4.78 is 5.01. The summed E-state index contributed by atoms with van der Waals surface area (Å²) in [6.07, 6.45) is 2.96. The van der Waals surface area contributed by atoms with Crippen LogP contribution in [0.25, 0.3) is 0 Å². The van der Waals surface area contributed by atoms with Crippen molar-refractivity contribution in [2.75, 3.05) is 12.8 Å². The van der Waals surface area contributed by atoms with Gasteiger partial charge in [-0.3, -0.25) is 4.79 Å². The van der Waals surface area contributed by atoms with Crippen molar-refractivity contribution >= 4 is 23.3 Å². The molecule has 2 rings (SSSR count). The van der Waals surface area contributed by atoms with Crippen LogP contribution in [0.4, 0.5) is 5.82 Å². The van der Waals surface area contributed by atoms with Gasteiger partial charge in [0.1, 0.15) is 5.82 Å². The lowest BCUT2D eigenvalue weighted by Gasteiger charge is -2.08. The summed E-state index contributed by atoms with van der Waals surface area (Å²) in [6.45, 7) is 0.330. The van der Waals surface area contributed by atoms with E-state index < -0.39 is 0 Å². The van der Waals surface area contributed by atoms with Gasteiger partial charge in [0.05, 0.1) is 17.7 Å². The fourth-order valence-electron chi connectivity index (χ4n) is 1.58. The SMILES string of the molecule is COc1cc(CNC(=O)c2cc(N)ncc2Cl)ccn1. The van der Waals surface area contributed by atoms with E-state index in [0.717, 1.165) is 5.56 Å². The molecule has 104 valence electrons. The van der Waals surface area contributed by atoms with Crippen molar-refractivity contribution in [2.24, 2.45) is 0 Å². The van der Waals surface area contributed by atoms with Crippen LogP contribution in [0.5, 0.6) is 5.88 Å². The average Bonchev–Trinajstić information content (AvgIpc) is 2.47.